The summed E-state index contributed by atoms with van der Waals surface area (Å²) in [6.07, 6.45) is 1.58. The molecule has 0 aliphatic carbocycles. The molecule has 3 nitrogen and oxygen atoms in total. The van der Waals surface area contributed by atoms with Crippen LogP contribution >= 0.6 is 34.2 Å². The van der Waals surface area contributed by atoms with Crippen molar-refractivity contribution in [2.24, 2.45) is 0 Å². The number of anilines is 1. The van der Waals surface area contributed by atoms with Crippen molar-refractivity contribution in [2.45, 2.75) is 6.54 Å². The lowest BCUT2D eigenvalue weighted by Crippen LogP contribution is -2.02. The van der Waals surface area contributed by atoms with Crippen molar-refractivity contribution in [3.05, 3.63) is 62.9 Å². The number of fused-ring (bicyclic) bond motifs is 1. The van der Waals surface area contributed by atoms with E-state index in [9.17, 15) is 0 Å². The molecule has 0 bridgehead atoms. The fourth-order valence-corrected chi connectivity index (χ4v) is 2.57. The number of aromatic nitrogens is 2. The van der Waals surface area contributed by atoms with Gasteiger partial charge >= 0.3 is 0 Å². The zero-order valence-corrected chi connectivity index (χ0v) is 13.4. The summed E-state index contributed by atoms with van der Waals surface area (Å²) in [6, 6.07) is 13.9. The predicted octanol–water partition coefficient (Wildman–Crippen LogP) is 4.50. The van der Waals surface area contributed by atoms with Crippen molar-refractivity contribution in [2.75, 3.05) is 5.32 Å². The van der Waals surface area contributed by atoms with Gasteiger partial charge < -0.3 is 5.32 Å². The summed E-state index contributed by atoms with van der Waals surface area (Å²) in [5, 5.41) is 5.13. The minimum Gasteiger partial charge on any atom is -0.365 e. The molecule has 0 unspecified atom stereocenters. The third-order valence-electron chi connectivity index (χ3n) is 2.97. The minimum atomic E-state index is 0.703. The second kappa shape index (κ2) is 5.93. The lowest BCUT2D eigenvalue weighted by atomic mass is 10.2. The van der Waals surface area contributed by atoms with E-state index in [1.54, 1.807) is 6.33 Å². The van der Waals surface area contributed by atoms with Crippen molar-refractivity contribution < 1.29 is 0 Å². The summed E-state index contributed by atoms with van der Waals surface area (Å²) in [5.41, 5.74) is 2.10. The van der Waals surface area contributed by atoms with Crippen LogP contribution in [0.1, 0.15) is 5.56 Å². The van der Waals surface area contributed by atoms with Crippen LogP contribution in [0.15, 0.2) is 48.8 Å². The molecule has 0 saturated heterocycles. The smallest absolute Gasteiger partial charge is 0.137 e. The number of nitrogens with zero attached hydrogens (tertiary/aromatic N) is 2. The average molecular weight is 396 g/mol. The van der Waals surface area contributed by atoms with Gasteiger partial charge in [-0.25, -0.2) is 9.97 Å². The third kappa shape index (κ3) is 3.02. The molecular weight excluding hydrogens is 385 g/mol. The third-order valence-corrected chi connectivity index (χ3v) is 3.89. The zero-order valence-electron chi connectivity index (χ0n) is 10.5. The van der Waals surface area contributed by atoms with E-state index in [1.807, 2.05) is 36.4 Å². The summed E-state index contributed by atoms with van der Waals surface area (Å²) in [4.78, 5) is 8.61. The quantitative estimate of drug-likeness (QED) is 0.664. The van der Waals surface area contributed by atoms with Crippen LogP contribution in [-0.4, -0.2) is 9.97 Å². The Hall–Kier alpha value is -1.40. The molecule has 5 heteroatoms. The monoisotopic (exact) mass is 395 g/mol. The molecule has 0 spiro atoms. The minimum absolute atomic E-state index is 0.703. The first-order valence-corrected chi connectivity index (χ1v) is 7.56. The van der Waals surface area contributed by atoms with E-state index in [0.717, 1.165) is 27.3 Å². The maximum atomic E-state index is 5.88. The molecule has 3 aromatic rings. The van der Waals surface area contributed by atoms with Crippen molar-refractivity contribution in [1.29, 1.82) is 0 Å². The molecule has 3 rings (SSSR count). The molecule has 0 atom stereocenters. The Morgan fingerprint density at radius 2 is 1.85 bits per heavy atom. The van der Waals surface area contributed by atoms with Crippen molar-refractivity contribution in [3.8, 4) is 0 Å². The standard InChI is InChI=1S/C15H11ClIN3/c16-11-3-1-10(2-4-11)8-18-15-13-7-12(17)5-6-14(13)19-9-20-15/h1-7,9H,8H2,(H,18,19,20). The highest BCUT2D eigenvalue weighted by Crippen LogP contribution is 2.22. The first kappa shape index (κ1) is 13.6. The number of halogens is 2. The van der Waals surface area contributed by atoms with E-state index >= 15 is 0 Å². The van der Waals surface area contributed by atoms with E-state index in [2.05, 4.69) is 43.9 Å². The molecule has 0 aliphatic rings. The summed E-state index contributed by atoms with van der Waals surface area (Å²) < 4.78 is 1.17. The number of nitrogens with one attached hydrogen (secondary N) is 1. The highest BCUT2D eigenvalue weighted by atomic mass is 127. The molecule has 1 heterocycles. The summed E-state index contributed by atoms with van der Waals surface area (Å²) in [5.74, 6) is 0.850. The summed E-state index contributed by atoms with van der Waals surface area (Å²) >= 11 is 8.17. The molecule has 100 valence electrons. The maximum Gasteiger partial charge on any atom is 0.137 e. The lowest BCUT2D eigenvalue weighted by Gasteiger charge is -2.08. The Morgan fingerprint density at radius 3 is 2.65 bits per heavy atom. The van der Waals surface area contributed by atoms with Crippen molar-refractivity contribution >= 4 is 50.9 Å². The Kier molecular flexibility index (Phi) is 4.03. The molecule has 20 heavy (non-hydrogen) atoms. The van der Waals surface area contributed by atoms with Crippen LogP contribution < -0.4 is 5.32 Å². The van der Waals surface area contributed by atoms with Gasteiger partial charge in [0.05, 0.1) is 5.52 Å². The molecule has 1 aromatic heterocycles. The van der Waals surface area contributed by atoms with Gasteiger partial charge in [0.1, 0.15) is 12.1 Å². The van der Waals surface area contributed by atoms with Crippen LogP contribution in [0.2, 0.25) is 5.02 Å². The fraction of sp³-hybridized carbons (Fsp3) is 0.0667. The van der Waals surface area contributed by atoms with Crippen LogP contribution in [0.4, 0.5) is 5.82 Å². The Morgan fingerprint density at radius 1 is 1.05 bits per heavy atom. The highest BCUT2D eigenvalue weighted by Gasteiger charge is 2.04. The number of benzene rings is 2. The summed E-state index contributed by atoms with van der Waals surface area (Å²) in [7, 11) is 0. The highest BCUT2D eigenvalue weighted by molar-refractivity contribution is 14.1. The van der Waals surface area contributed by atoms with Crippen LogP contribution in [0, 0.1) is 3.57 Å². The lowest BCUT2D eigenvalue weighted by molar-refractivity contribution is 1.10. The van der Waals surface area contributed by atoms with Crippen LogP contribution in [0.5, 0.6) is 0 Å². The largest absolute Gasteiger partial charge is 0.365 e. The molecule has 2 aromatic carbocycles. The maximum absolute atomic E-state index is 5.88. The molecule has 0 aliphatic heterocycles. The van der Waals surface area contributed by atoms with Gasteiger partial charge in [0.2, 0.25) is 0 Å². The van der Waals surface area contributed by atoms with Gasteiger partial charge in [0, 0.05) is 20.5 Å². The van der Waals surface area contributed by atoms with Gasteiger partial charge in [-0.2, -0.15) is 0 Å². The van der Waals surface area contributed by atoms with Crippen LogP contribution in [-0.2, 0) is 6.54 Å². The molecule has 0 radical (unpaired) electrons. The van der Waals surface area contributed by atoms with E-state index in [-0.39, 0.29) is 0 Å². The summed E-state index contributed by atoms with van der Waals surface area (Å²) in [6.45, 7) is 0.703. The van der Waals surface area contributed by atoms with Gasteiger partial charge in [-0.3, -0.25) is 0 Å². The number of hydrogen-bond acceptors (Lipinski definition) is 3. The van der Waals surface area contributed by atoms with Crippen molar-refractivity contribution in [3.63, 3.8) is 0 Å². The second-order valence-corrected chi connectivity index (χ2v) is 6.05. The van der Waals surface area contributed by atoms with Gasteiger partial charge in [0.15, 0.2) is 0 Å². The molecule has 1 N–H and O–H groups in total. The van der Waals surface area contributed by atoms with E-state index in [0.29, 0.717) is 6.54 Å². The SMILES string of the molecule is Clc1ccc(CNc2ncnc3ccc(I)cc23)cc1. The zero-order chi connectivity index (χ0) is 13.9. The number of hydrogen-bond donors (Lipinski definition) is 1. The van der Waals surface area contributed by atoms with Crippen molar-refractivity contribution in [1.82, 2.24) is 9.97 Å². The molecule has 0 saturated carbocycles. The molecule has 0 amide bonds. The Bertz CT molecular complexity index is 744. The van der Waals surface area contributed by atoms with E-state index < -0.39 is 0 Å². The van der Waals surface area contributed by atoms with Gasteiger partial charge in [-0.1, -0.05) is 23.7 Å². The van der Waals surface area contributed by atoms with E-state index in [1.165, 1.54) is 3.57 Å². The predicted molar refractivity (Wildman–Crippen MR) is 91.0 cm³/mol. The number of rotatable bonds is 3. The van der Waals surface area contributed by atoms with Gasteiger partial charge in [0.25, 0.3) is 0 Å². The first-order chi connectivity index (χ1) is 9.72. The second-order valence-electron chi connectivity index (χ2n) is 4.36. The normalized spacial score (nSPS) is 10.7. The molecular formula is C15H11ClIN3. The average Bonchev–Trinajstić information content (AvgIpc) is 2.47. The fourth-order valence-electron chi connectivity index (χ4n) is 1.96. The van der Waals surface area contributed by atoms with Crippen LogP contribution in [0.25, 0.3) is 10.9 Å². The van der Waals surface area contributed by atoms with Gasteiger partial charge in [-0.15, -0.1) is 0 Å². The Labute approximate surface area is 135 Å². The topological polar surface area (TPSA) is 37.8 Å². The molecule has 0 fully saturated rings. The first-order valence-electron chi connectivity index (χ1n) is 6.11. The van der Waals surface area contributed by atoms with E-state index in [4.69, 9.17) is 11.6 Å². The Balaban J connectivity index is 1.87. The van der Waals surface area contributed by atoms with Crippen LogP contribution in [0.3, 0.4) is 0 Å². The van der Waals surface area contributed by atoms with Gasteiger partial charge in [-0.05, 0) is 58.5 Å².